The summed E-state index contributed by atoms with van der Waals surface area (Å²) in [5.74, 6) is 0.246. The van der Waals surface area contributed by atoms with Gasteiger partial charge in [-0.25, -0.2) is 18.5 Å². The van der Waals surface area contributed by atoms with Gasteiger partial charge >= 0.3 is 0 Å². The number of benzene rings is 2. The quantitative estimate of drug-likeness (QED) is 0.552. The van der Waals surface area contributed by atoms with E-state index in [2.05, 4.69) is 27.8 Å². The Morgan fingerprint density at radius 2 is 1.91 bits per heavy atom. The number of fused-ring (bicyclic) bond motifs is 3. The molecule has 0 bridgehead atoms. The van der Waals surface area contributed by atoms with Crippen LogP contribution in [0.5, 0.6) is 0 Å². The third kappa shape index (κ3) is 4.61. The maximum atomic E-state index is 11.5. The predicted octanol–water partition coefficient (Wildman–Crippen LogP) is 3.63. The Hall–Kier alpha value is -2.52. The number of aliphatic hydroxyl groups is 1. The van der Waals surface area contributed by atoms with E-state index in [4.69, 9.17) is 9.88 Å². The monoisotopic (exact) mass is 467 g/mol. The molecule has 5 rings (SSSR count). The summed E-state index contributed by atoms with van der Waals surface area (Å²) in [5.41, 5.74) is 4.37. The minimum absolute atomic E-state index is 0.102. The van der Waals surface area contributed by atoms with E-state index in [9.17, 15) is 13.5 Å². The largest absolute Gasteiger partial charge is 0.393 e. The van der Waals surface area contributed by atoms with E-state index in [0.29, 0.717) is 13.0 Å². The number of hydrogen-bond donors (Lipinski definition) is 2. The van der Waals surface area contributed by atoms with Gasteiger partial charge in [0.05, 0.1) is 48.0 Å². The van der Waals surface area contributed by atoms with E-state index >= 15 is 0 Å². The molecule has 0 amide bonds. The number of ether oxygens (including phenoxy) is 1. The molecule has 2 unspecified atom stereocenters. The van der Waals surface area contributed by atoms with Crippen LogP contribution in [0, 0.1) is 5.92 Å². The van der Waals surface area contributed by atoms with Crippen molar-refractivity contribution >= 4 is 10.0 Å². The zero-order valence-electron chi connectivity index (χ0n) is 18.4. The molecule has 1 saturated carbocycles. The van der Waals surface area contributed by atoms with Gasteiger partial charge in [0.25, 0.3) is 0 Å². The first-order valence-electron chi connectivity index (χ1n) is 11.4. The second kappa shape index (κ2) is 9.02. The van der Waals surface area contributed by atoms with Crippen LogP contribution in [-0.4, -0.2) is 35.3 Å². The topological polar surface area (TPSA) is 107 Å². The SMILES string of the molecule is NS(=O)(=O)c1cccc(COC2CCC(C(O)CC3c4ccccc4-c4cncn43)CC2)c1. The number of nitrogens with two attached hydrogens (primary N) is 1. The first-order chi connectivity index (χ1) is 15.9. The van der Waals surface area contributed by atoms with Crippen LogP contribution in [0.1, 0.15) is 49.3 Å². The molecule has 2 heterocycles. The third-order valence-corrected chi connectivity index (χ3v) is 7.95. The average molecular weight is 468 g/mol. The van der Waals surface area contributed by atoms with E-state index < -0.39 is 10.0 Å². The summed E-state index contributed by atoms with van der Waals surface area (Å²) in [6.45, 7) is 0.351. The van der Waals surface area contributed by atoms with Crippen molar-refractivity contribution in [2.75, 3.05) is 0 Å². The van der Waals surface area contributed by atoms with Crippen LogP contribution >= 0.6 is 0 Å². The molecular formula is C25H29N3O4S. The molecule has 33 heavy (non-hydrogen) atoms. The summed E-state index contributed by atoms with van der Waals surface area (Å²) in [5, 5.41) is 16.3. The van der Waals surface area contributed by atoms with E-state index in [-0.39, 0.29) is 29.1 Å². The molecule has 0 spiro atoms. The van der Waals surface area contributed by atoms with Crippen molar-refractivity contribution in [3.63, 3.8) is 0 Å². The zero-order chi connectivity index (χ0) is 23.0. The molecule has 1 aliphatic carbocycles. The smallest absolute Gasteiger partial charge is 0.238 e. The Bertz CT molecular complexity index is 1230. The molecule has 1 aliphatic heterocycles. The van der Waals surface area contributed by atoms with Gasteiger partial charge in [-0.3, -0.25) is 0 Å². The molecule has 3 N–H and O–H groups in total. The lowest BCUT2D eigenvalue weighted by molar-refractivity contribution is -0.0160. The third-order valence-electron chi connectivity index (χ3n) is 7.04. The van der Waals surface area contributed by atoms with Gasteiger partial charge in [-0.15, -0.1) is 0 Å². The molecule has 2 aliphatic rings. The standard InChI is InChI=1S/C25H29N3O4S/c26-33(30,31)20-5-3-4-17(12-20)15-32-19-10-8-18(9-11-19)25(29)13-23-21-6-1-2-7-22(21)24-14-27-16-28(23)24/h1-7,12,14,16,18-19,23,25,29H,8-11,13,15H2,(H2,26,30,31). The summed E-state index contributed by atoms with van der Waals surface area (Å²) >= 11 is 0. The summed E-state index contributed by atoms with van der Waals surface area (Å²) in [6.07, 6.45) is 7.75. The fraction of sp³-hybridized carbons (Fsp3) is 0.400. The Balaban J connectivity index is 1.15. The van der Waals surface area contributed by atoms with Crippen LogP contribution in [0.25, 0.3) is 11.3 Å². The van der Waals surface area contributed by atoms with Crippen molar-refractivity contribution in [3.05, 3.63) is 72.2 Å². The normalized spacial score (nSPS) is 23.2. The lowest BCUT2D eigenvalue weighted by atomic mass is 9.81. The van der Waals surface area contributed by atoms with Crippen LogP contribution in [-0.2, 0) is 21.4 Å². The van der Waals surface area contributed by atoms with Gasteiger partial charge in [0.2, 0.25) is 10.0 Å². The van der Waals surface area contributed by atoms with E-state index in [1.54, 1.807) is 12.1 Å². The molecule has 2 atom stereocenters. The second-order valence-corrected chi connectivity index (χ2v) is 10.7. The highest BCUT2D eigenvalue weighted by Gasteiger charge is 2.33. The minimum Gasteiger partial charge on any atom is -0.393 e. The molecule has 2 aromatic carbocycles. The van der Waals surface area contributed by atoms with E-state index in [0.717, 1.165) is 36.9 Å². The molecule has 0 saturated heterocycles. The zero-order valence-corrected chi connectivity index (χ0v) is 19.2. The van der Waals surface area contributed by atoms with Crippen LogP contribution in [0.2, 0.25) is 0 Å². The minimum atomic E-state index is -3.72. The molecule has 3 aromatic rings. The van der Waals surface area contributed by atoms with Crippen molar-refractivity contribution in [2.45, 2.75) is 61.9 Å². The maximum Gasteiger partial charge on any atom is 0.238 e. The second-order valence-electron chi connectivity index (χ2n) is 9.13. The summed E-state index contributed by atoms with van der Waals surface area (Å²) in [4.78, 5) is 4.41. The number of sulfonamides is 1. The Kier molecular flexibility index (Phi) is 6.09. The number of aliphatic hydroxyl groups excluding tert-OH is 1. The molecule has 1 aromatic heterocycles. The first kappa shape index (κ1) is 22.3. The van der Waals surface area contributed by atoms with Crippen molar-refractivity contribution in [1.82, 2.24) is 9.55 Å². The summed E-state index contributed by atoms with van der Waals surface area (Å²) in [7, 11) is -3.72. The molecule has 1 fully saturated rings. The van der Waals surface area contributed by atoms with Gasteiger partial charge in [0, 0.05) is 5.56 Å². The molecule has 174 valence electrons. The van der Waals surface area contributed by atoms with Crippen LogP contribution in [0.3, 0.4) is 0 Å². The van der Waals surface area contributed by atoms with Gasteiger partial charge in [-0.2, -0.15) is 0 Å². The van der Waals surface area contributed by atoms with Gasteiger partial charge in [-0.1, -0.05) is 36.4 Å². The van der Waals surface area contributed by atoms with Crippen molar-refractivity contribution in [1.29, 1.82) is 0 Å². The molecule has 8 heteroatoms. The van der Waals surface area contributed by atoms with Crippen LogP contribution in [0.4, 0.5) is 0 Å². The number of hydrogen-bond acceptors (Lipinski definition) is 5. The Labute approximate surface area is 194 Å². The van der Waals surface area contributed by atoms with Gasteiger partial charge < -0.3 is 14.4 Å². The number of aromatic nitrogens is 2. The highest BCUT2D eigenvalue weighted by molar-refractivity contribution is 7.89. The number of nitrogens with zero attached hydrogens (tertiary/aromatic N) is 2. The number of primary sulfonamides is 1. The van der Waals surface area contributed by atoms with Gasteiger partial charge in [0.15, 0.2) is 0 Å². The fourth-order valence-electron chi connectivity index (χ4n) is 5.26. The van der Waals surface area contributed by atoms with Crippen molar-refractivity contribution in [2.24, 2.45) is 11.1 Å². The Morgan fingerprint density at radius 3 is 2.70 bits per heavy atom. The molecule has 0 radical (unpaired) electrons. The average Bonchev–Trinajstić information content (AvgIpc) is 3.40. The Morgan fingerprint density at radius 1 is 1.12 bits per heavy atom. The molecular weight excluding hydrogens is 438 g/mol. The van der Waals surface area contributed by atoms with Crippen molar-refractivity contribution in [3.8, 4) is 11.3 Å². The number of imidazole rings is 1. The molecule has 7 nitrogen and oxygen atoms in total. The first-order valence-corrected chi connectivity index (χ1v) is 13.0. The lowest BCUT2D eigenvalue weighted by Gasteiger charge is -2.32. The summed E-state index contributed by atoms with van der Waals surface area (Å²) in [6, 6.07) is 15.1. The summed E-state index contributed by atoms with van der Waals surface area (Å²) < 4.78 is 31.3. The highest BCUT2D eigenvalue weighted by Crippen LogP contribution is 2.42. The van der Waals surface area contributed by atoms with Gasteiger partial charge in [-0.05, 0) is 61.3 Å². The van der Waals surface area contributed by atoms with Gasteiger partial charge in [0.1, 0.15) is 0 Å². The predicted molar refractivity (Wildman–Crippen MR) is 125 cm³/mol. The van der Waals surface area contributed by atoms with Crippen LogP contribution in [0.15, 0.2) is 66.0 Å². The lowest BCUT2D eigenvalue weighted by Crippen LogP contribution is -2.30. The van der Waals surface area contributed by atoms with E-state index in [1.165, 1.54) is 17.2 Å². The highest BCUT2D eigenvalue weighted by atomic mass is 32.2. The maximum absolute atomic E-state index is 11.5. The fourth-order valence-corrected chi connectivity index (χ4v) is 5.84. The van der Waals surface area contributed by atoms with Crippen molar-refractivity contribution < 1.29 is 18.3 Å². The van der Waals surface area contributed by atoms with E-state index in [1.807, 2.05) is 24.7 Å². The van der Waals surface area contributed by atoms with Crippen LogP contribution < -0.4 is 5.14 Å². The number of rotatable bonds is 7.